The molecule has 1 aliphatic heterocycles. The van der Waals surface area contributed by atoms with Crippen molar-refractivity contribution in [1.29, 1.82) is 0 Å². The fraction of sp³-hybridized carbons (Fsp3) is 0.368. The van der Waals surface area contributed by atoms with E-state index in [-0.39, 0.29) is 6.04 Å². The van der Waals surface area contributed by atoms with Crippen LogP contribution in [0.2, 0.25) is 0 Å². The fourth-order valence-electron chi connectivity index (χ4n) is 3.14. The van der Waals surface area contributed by atoms with Gasteiger partial charge in [-0.2, -0.15) is 0 Å². The molecule has 2 N–H and O–H groups in total. The Morgan fingerprint density at radius 1 is 1.18 bits per heavy atom. The van der Waals surface area contributed by atoms with Crippen LogP contribution in [0, 0.1) is 0 Å². The van der Waals surface area contributed by atoms with Crippen molar-refractivity contribution >= 4 is 0 Å². The van der Waals surface area contributed by atoms with Gasteiger partial charge >= 0.3 is 0 Å². The molecule has 0 radical (unpaired) electrons. The predicted octanol–water partition coefficient (Wildman–Crippen LogP) is 3.27. The number of hydrogen-bond donors (Lipinski definition) is 1. The van der Waals surface area contributed by atoms with E-state index in [2.05, 4.69) is 47.4 Å². The number of ether oxygens (including phenoxy) is 1. The van der Waals surface area contributed by atoms with Crippen molar-refractivity contribution in [3.8, 4) is 5.75 Å². The number of hydrogen-bond acceptors (Lipinski definition) is 3. The van der Waals surface area contributed by atoms with Gasteiger partial charge in [0.05, 0.1) is 7.11 Å². The van der Waals surface area contributed by atoms with Crippen molar-refractivity contribution < 1.29 is 4.74 Å². The molecule has 3 nitrogen and oxygen atoms in total. The second-order valence-electron chi connectivity index (χ2n) is 6.09. The Morgan fingerprint density at radius 2 is 1.95 bits per heavy atom. The van der Waals surface area contributed by atoms with Gasteiger partial charge < -0.3 is 10.5 Å². The highest BCUT2D eigenvalue weighted by atomic mass is 16.5. The van der Waals surface area contributed by atoms with Crippen LogP contribution in [0.3, 0.4) is 0 Å². The predicted molar refractivity (Wildman–Crippen MR) is 89.9 cm³/mol. The zero-order chi connectivity index (χ0) is 15.5. The lowest BCUT2D eigenvalue weighted by Gasteiger charge is -2.29. The van der Waals surface area contributed by atoms with Crippen molar-refractivity contribution in [2.24, 2.45) is 5.73 Å². The van der Waals surface area contributed by atoms with Crippen LogP contribution in [0.5, 0.6) is 5.75 Å². The maximum absolute atomic E-state index is 5.91. The summed E-state index contributed by atoms with van der Waals surface area (Å²) in [4.78, 5) is 2.49. The quantitative estimate of drug-likeness (QED) is 0.941. The minimum Gasteiger partial charge on any atom is -0.496 e. The molecule has 1 aliphatic rings. The molecule has 0 saturated heterocycles. The first kappa shape index (κ1) is 15.1. The SMILES string of the molecule is COc1cccc2c1CCN(Cc1ccc([C@H](C)N)cc1)C2. The van der Waals surface area contributed by atoms with Crippen molar-refractivity contribution in [2.75, 3.05) is 13.7 Å². The molecule has 1 atom stereocenters. The first-order valence-electron chi connectivity index (χ1n) is 7.89. The van der Waals surface area contributed by atoms with E-state index in [1.807, 2.05) is 6.92 Å². The molecule has 3 heteroatoms. The summed E-state index contributed by atoms with van der Waals surface area (Å²) in [6.07, 6.45) is 1.05. The second-order valence-corrected chi connectivity index (χ2v) is 6.09. The molecule has 0 aromatic heterocycles. The van der Waals surface area contributed by atoms with Crippen molar-refractivity contribution in [3.05, 3.63) is 64.7 Å². The molecule has 0 spiro atoms. The van der Waals surface area contributed by atoms with Crippen LogP contribution in [0.4, 0.5) is 0 Å². The zero-order valence-corrected chi connectivity index (χ0v) is 13.4. The van der Waals surface area contributed by atoms with Gasteiger partial charge in [0.15, 0.2) is 0 Å². The van der Waals surface area contributed by atoms with Gasteiger partial charge in [-0.05, 0) is 41.7 Å². The lowest BCUT2D eigenvalue weighted by Crippen LogP contribution is -2.30. The molecule has 0 bridgehead atoms. The van der Waals surface area contributed by atoms with Gasteiger partial charge in [0.2, 0.25) is 0 Å². The monoisotopic (exact) mass is 296 g/mol. The molecule has 22 heavy (non-hydrogen) atoms. The van der Waals surface area contributed by atoms with Gasteiger partial charge in [-0.3, -0.25) is 4.90 Å². The van der Waals surface area contributed by atoms with E-state index in [1.165, 1.54) is 22.3 Å². The molecule has 1 heterocycles. The smallest absolute Gasteiger partial charge is 0.122 e. The Balaban J connectivity index is 1.70. The van der Waals surface area contributed by atoms with E-state index in [0.717, 1.165) is 31.8 Å². The van der Waals surface area contributed by atoms with E-state index in [0.29, 0.717) is 0 Å². The number of benzene rings is 2. The van der Waals surface area contributed by atoms with E-state index >= 15 is 0 Å². The summed E-state index contributed by atoms with van der Waals surface area (Å²) in [5.74, 6) is 1.03. The molecule has 2 aromatic rings. The molecular formula is C19H24N2O. The molecule has 0 unspecified atom stereocenters. The summed E-state index contributed by atoms with van der Waals surface area (Å²) in [5.41, 5.74) is 11.2. The summed E-state index contributed by atoms with van der Waals surface area (Å²) >= 11 is 0. The summed E-state index contributed by atoms with van der Waals surface area (Å²) < 4.78 is 5.47. The first-order valence-corrected chi connectivity index (χ1v) is 7.89. The third-order valence-corrected chi connectivity index (χ3v) is 4.43. The Morgan fingerprint density at radius 3 is 2.64 bits per heavy atom. The molecule has 0 fully saturated rings. The number of nitrogens with zero attached hydrogens (tertiary/aromatic N) is 1. The van der Waals surface area contributed by atoms with Gasteiger partial charge in [0.25, 0.3) is 0 Å². The zero-order valence-electron chi connectivity index (χ0n) is 13.4. The summed E-state index contributed by atoms with van der Waals surface area (Å²) in [5, 5.41) is 0. The first-order chi connectivity index (χ1) is 10.7. The van der Waals surface area contributed by atoms with Crippen LogP contribution in [0.25, 0.3) is 0 Å². The topological polar surface area (TPSA) is 38.5 Å². The van der Waals surface area contributed by atoms with Crippen LogP contribution in [0.15, 0.2) is 42.5 Å². The van der Waals surface area contributed by atoms with Crippen LogP contribution >= 0.6 is 0 Å². The number of nitrogens with two attached hydrogens (primary N) is 1. The van der Waals surface area contributed by atoms with Crippen LogP contribution in [-0.4, -0.2) is 18.6 Å². The van der Waals surface area contributed by atoms with Crippen LogP contribution in [-0.2, 0) is 19.5 Å². The molecule has 3 rings (SSSR count). The molecule has 0 aliphatic carbocycles. The van der Waals surface area contributed by atoms with E-state index in [9.17, 15) is 0 Å². The third-order valence-electron chi connectivity index (χ3n) is 4.43. The highest BCUT2D eigenvalue weighted by Crippen LogP contribution is 2.28. The standard InChI is InChI=1S/C19H24N2O/c1-14(20)16-8-6-15(7-9-16)12-21-11-10-18-17(13-21)4-3-5-19(18)22-2/h3-9,14H,10-13,20H2,1-2H3/t14-/m0/s1. The Labute approximate surface area is 132 Å². The van der Waals surface area contributed by atoms with Gasteiger partial charge in [-0.25, -0.2) is 0 Å². The maximum atomic E-state index is 5.91. The lowest BCUT2D eigenvalue weighted by molar-refractivity contribution is 0.242. The molecule has 116 valence electrons. The summed E-state index contributed by atoms with van der Waals surface area (Å²) in [6.45, 7) is 5.06. The fourth-order valence-corrected chi connectivity index (χ4v) is 3.14. The number of fused-ring (bicyclic) bond motifs is 1. The normalized spacial score (nSPS) is 16.1. The van der Waals surface area contributed by atoms with Gasteiger partial charge in [0.1, 0.15) is 5.75 Å². The molecular weight excluding hydrogens is 272 g/mol. The maximum Gasteiger partial charge on any atom is 0.122 e. The molecule has 2 aromatic carbocycles. The highest BCUT2D eigenvalue weighted by Gasteiger charge is 2.19. The Hall–Kier alpha value is -1.84. The molecule has 0 amide bonds. The summed E-state index contributed by atoms with van der Waals surface area (Å²) in [7, 11) is 1.75. The van der Waals surface area contributed by atoms with Gasteiger partial charge in [-0.15, -0.1) is 0 Å². The van der Waals surface area contributed by atoms with E-state index in [1.54, 1.807) is 7.11 Å². The van der Waals surface area contributed by atoms with Gasteiger partial charge in [-0.1, -0.05) is 36.4 Å². The lowest BCUT2D eigenvalue weighted by atomic mass is 9.98. The van der Waals surface area contributed by atoms with Gasteiger partial charge in [0, 0.05) is 25.7 Å². The third kappa shape index (κ3) is 3.16. The minimum absolute atomic E-state index is 0.100. The van der Waals surface area contributed by atoms with E-state index in [4.69, 9.17) is 10.5 Å². The second kappa shape index (κ2) is 6.51. The average molecular weight is 296 g/mol. The van der Waals surface area contributed by atoms with Crippen molar-refractivity contribution in [2.45, 2.75) is 32.5 Å². The number of methoxy groups -OCH3 is 1. The van der Waals surface area contributed by atoms with Crippen molar-refractivity contribution in [1.82, 2.24) is 4.90 Å². The number of rotatable bonds is 4. The Bertz CT molecular complexity index is 634. The highest BCUT2D eigenvalue weighted by molar-refractivity contribution is 5.41. The summed E-state index contributed by atoms with van der Waals surface area (Å²) in [6, 6.07) is 15.1. The average Bonchev–Trinajstić information content (AvgIpc) is 2.54. The van der Waals surface area contributed by atoms with Crippen molar-refractivity contribution in [3.63, 3.8) is 0 Å². The molecule has 0 saturated carbocycles. The minimum atomic E-state index is 0.100. The van der Waals surface area contributed by atoms with Crippen LogP contribution in [0.1, 0.15) is 35.2 Å². The Kier molecular flexibility index (Phi) is 4.46. The van der Waals surface area contributed by atoms with Crippen LogP contribution < -0.4 is 10.5 Å². The largest absolute Gasteiger partial charge is 0.496 e. The van der Waals surface area contributed by atoms with E-state index < -0.39 is 0 Å².